The van der Waals surface area contributed by atoms with Gasteiger partial charge >= 0.3 is 0 Å². The predicted octanol–water partition coefficient (Wildman–Crippen LogP) is 3.82. The number of carbonyl (C=O) groups excluding carboxylic acids is 1. The molecule has 0 aromatic heterocycles. The fraction of sp³-hybridized carbons (Fsp3) is 0.533. The van der Waals surface area contributed by atoms with E-state index in [0.29, 0.717) is 11.7 Å². The molecule has 2 rings (SSSR count). The second-order valence-electron chi connectivity index (χ2n) is 5.22. The van der Waals surface area contributed by atoms with Gasteiger partial charge in [0, 0.05) is 17.2 Å². The van der Waals surface area contributed by atoms with Gasteiger partial charge in [-0.05, 0) is 36.1 Å². The Morgan fingerprint density at radius 1 is 1.47 bits per heavy atom. The summed E-state index contributed by atoms with van der Waals surface area (Å²) in [4.78, 5) is 12.3. The number of thioether (sulfide) groups is 1. The van der Waals surface area contributed by atoms with E-state index >= 15 is 0 Å². The first-order valence-electron chi connectivity index (χ1n) is 6.37. The van der Waals surface area contributed by atoms with Gasteiger partial charge in [0.1, 0.15) is 0 Å². The van der Waals surface area contributed by atoms with Crippen LogP contribution in [0.2, 0.25) is 0 Å². The van der Waals surface area contributed by atoms with Crippen LogP contribution in [0.1, 0.15) is 36.2 Å². The smallest absolute Gasteiger partial charge is 0.166 e. The Hall–Kier alpha value is -0.760. The summed E-state index contributed by atoms with van der Waals surface area (Å²) in [6.45, 7) is 4.42. The molecule has 1 heterocycles. The van der Waals surface area contributed by atoms with Crippen LogP contribution in [-0.4, -0.2) is 17.3 Å². The van der Waals surface area contributed by atoms with Gasteiger partial charge in [-0.25, -0.2) is 0 Å². The van der Waals surface area contributed by atoms with Crippen LogP contribution in [-0.2, 0) is 6.42 Å². The zero-order chi connectivity index (χ0) is 12.3. The Kier molecular flexibility index (Phi) is 4.27. The summed E-state index contributed by atoms with van der Waals surface area (Å²) in [7, 11) is 0. The highest BCUT2D eigenvalue weighted by Gasteiger charge is 2.24. The normalized spacial score (nSPS) is 19.8. The third kappa shape index (κ3) is 3.35. The summed E-state index contributed by atoms with van der Waals surface area (Å²) < 4.78 is 0. The van der Waals surface area contributed by atoms with Gasteiger partial charge in [0.15, 0.2) is 5.78 Å². The average molecular weight is 248 g/mol. The van der Waals surface area contributed by atoms with Gasteiger partial charge in [0.05, 0.1) is 0 Å². The first-order chi connectivity index (χ1) is 8.16. The summed E-state index contributed by atoms with van der Waals surface area (Å²) in [6, 6.07) is 8.20. The van der Waals surface area contributed by atoms with E-state index in [4.69, 9.17) is 0 Å². The van der Waals surface area contributed by atoms with Crippen molar-refractivity contribution in [2.75, 3.05) is 11.5 Å². The maximum atomic E-state index is 12.3. The number of hydrogen-bond acceptors (Lipinski definition) is 2. The number of carbonyl (C=O) groups is 1. The number of benzene rings is 1. The minimum absolute atomic E-state index is 0.259. The van der Waals surface area contributed by atoms with Crippen LogP contribution < -0.4 is 0 Å². The number of ketones is 1. The Balaban J connectivity index is 2.12. The average Bonchev–Trinajstić information content (AvgIpc) is 2.81. The van der Waals surface area contributed by atoms with E-state index in [2.05, 4.69) is 26.0 Å². The van der Waals surface area contributed by atoms with Gasteiger partial charge in [-0.2, -0.15) is 11.8 Å². The molecule has 0 N–H and O–H groups in total. The number of Topliss-reactive ketones (excluding diaryl/α,β-unsaturated/α-hetero) is 1. The highest BCUT2D eigenvalue weighted by molar-refractivity contribution is 7.99. The van der Waals surface area contributed by atoms with Gasteiger partial charge in [-0.3, -0.25) is 4.79 Å². The second-order valence-corrected chi connectivity index (χ2v) is 6.37. The van der Waals surface area contributed by atoms with Crippen LogP contribution in [0.4, 0.5) is 0 Å². The van der Waals surface area contributed by atoms with Gasteiger partial charge in [-0.1, -0.05) is 32.0 Å². The van der Waals surface area contributed by atoms with E-state index in [1.165, 1.54) is 5.56 Å². The lowest BCUT2D eigenvalue weighted by molar-refractivity contribution is 0.0933. The predicted molar refractivity (Wildman–Crippen MR) is 74.7 cm³/mol. The van der Waals surface area contributed by atoms with Crippen molar-refractivity contribution >= 4 is 17.5 Å². The molecule has 0 radical (unpaired) electrons. The number of rotatable bonds is 4. The molecule has 92 valence electrons. The molecule has 1 saturated heterocycles. The molecule has 1 aromatic carbocycles. The van der Waals surface area contributed by atoms with Crippen molar-refractivity contribution in [1.82, 2.24) is 0 Å². The molecular weight excluding hydrogens is 228 g/mol. The molecular formula is C15H20OS. The first-order valence-corrected chi connectivity index (χ1v) is 7.53. The maximum absolute atomic E-state index is 12.3. The minimum Gasteiger partial charge on any atom is -0.294 e. The molecule has 0 bridgehead atoms. The summed E-state index contributed by atoms with van der Waals surface area (Å²) in [5, 5.41) is 0. The Labute approximate surface area is 108 Å². The highest BCUT2D eigenvalue weighted by Crippen LogP contribution is 2.27. The zero-order valence-electron chi connectivity index (χ0n) is 10.6. The van der Waals surface area contributed by atoms with Crippen molar-refractivity contribution in [3.63, 3.8) is 0 Å². The minimum atomic E-state index is 0.259. The summed E-state index contributed by atoms with van der Waals surface area (Å²) in [6.07, 6.45) is 2.11. The molecule has 1 fully saturated rings. The van der Waals surface area contributed by atoms with Crippen molar-refractivity contribution in [3.05, 3.63) is 35.4 Å². The van der Waals surface area contributed by atoms with Crippen molar-refractivity contribution < 1.29 is 4.79 Å². The molecule has 1 unspecified atom stereocenters. The van der Waals surface area contributed by atoms with Crippen LogP contribution in [0, 0.1) is 11.8 Å². The molecule has 1 aromatic rings. The van der Waals surface area contributed by atoms with E-state index in [9.17, 15) is 4.79 Å². The molecule has 0 aliphatic carbocycles. The lowest BCUT2D eigenvalue weighted by Gasteiger charge is -2.10. The van der Waals surface area contributed by atoms with Gasteiger partial charge in [-0.15, -0.1) is 0 Å². The Morgan fingerprint density at radius 3 is 2.94 bits per heavy atom. The standard InChI is InChI=1S/C15H20OS/c1-11(2)8-12-4-3-5-13(9-12)15(16)14-6-7-17-10-14/h3-5,9,11,14H,6-8,10H2,1-2H3. The van der Waals surface area contributed by atoms with Crippen LogP contribution in [0.3, 0.4) is 0 Å². The van der Waals surface area contributed by atoms with E-state index in [-0.39, 0.29) is 5.92 Å². The van der Waals surface area contributed by atoms with E-state index in [1.807, 2.05) is 23.9 Å². The second kappa shape index (κ2) is 5.72. The van der Waals surface area contributed by atoms with Gasteiger partial charge < -0.3 is 0 Å². The van der Waals surface area contributed by atoms with Crippen LogP contribution in [0.25, 0.3) is 0 Å². The topological polar surface area (TPSA) is 17.1 Å². The Bertz CT molecular complexity index is 392. The van der Waals surface area contributed by atoms with E-state index in [0.717, 1.165) is 29.9 Å². The number of hydrogen-bond donors (Lipinski definition) is 0. The maximum Gasteiger partial charge on any atom is 0.166 e. The molecule has 0 saturated carbocycles. The van der Waals surface area contributed by atoms with Crippen molar-refractivity contribution in [1.29, 1.82) is 0 Å². The molecule has 2 heteroatoms. The molecule has 1 aliphatic rings. The summed E-state index contributed by atoms with van der Waals surface area (Å²) in [5.41, 5.74) is 2.20. The fourth-order valence-corrected chi connectivity index (χ4v) is 3.52. The lowest BCUT2D eigenvalue weighted by atomic mass is 9.94. The highest BCUT2D eigenvalue weighted by atomic mass is 32.2. The summed E-state index contributed by atoms with van der Waals surface area (Å²) in [5.74, 6) is 3.40. The van der Waals surface area contributed by atoms with Crippen LogP contribution in [0.15, 0.2) is 24.3 Å². The summed E-state index contributed by atoms with van der Waals surface area (Å²) >= 11 is 1.90. The molecule has 0 spiro atoms. The molecule has 0 amide bonds. The van der Waals surface area contributed by atoms with E-state index < -0.39 is 0 Å². The third-order valence-corrected chi connectivity index (χ3v) is 4.32. The largest absolute Gasteiger partial charge is 0.294 e. The van der Waals surface area contributed by atoms with Crippen LogP contribution >= 0.6 is 11.8 Å². The van der Waals surface area contributed by atoms with Gasteiger partial charge in [0.25, 0.3) is 0 Å². The van der Waals surface area contributed by atoms with Crippen molar-refractivity contribution in [2.24, 2.45) is 11.8 Å². The van der Waals surface area contributed by atoms with E-state index in [1.54, 1.807) is 0 Å². The zero-order valence-corrected chi connectivity index (χ0v) is 11.4. The molecule has 1 nitrogen and oxygen atoms in total. The van der Waals surface area contributed by atoms with Crippen LogP contribution in [0.5, 0.6) is 0 Å². The van der Waals surface area contributed by atoms with Gasteiger partial charge in [0.2, 0.25) is 0 Å². The Morgan fingerprint density at radius 2 is 2.29 bits per heavy atom. The fourth-order valence-electron chi connectivity index (χ4n) is 2.30. The first kappa shape index (κ1) is 12.7. The lowest BCUT2D eigenvalue weighted by Crippen LogP contribution is -2.14. The monoisotopic (exact) mass is 248 g/mol. The molecule has 1 aliphatic heterocycles. The molecule has 17 heavy (non-hydrogen) atoms. The van der Waals surface area contributed by atoms with Crippen molar-refractivity contribution in [3.8, 4) is 0 Å². The van der Waals surface area contributed by atoms with Crippen molar-refractivity contribution in [2.45, 2.75) is 26.7 Å². The SMILES string of the molecule is CC(C)Cc1cccc(C(=O)C2CCSC2)c1. The quantitative estimate of drug-likeness (QED) is 0.753. The molecule has 1 atom stereocenters. The third-order valence-electron chi connectivity index (χ3n) is 3.16.